The average Bonchev–Trinajstić information content (AvgIpc) is 2.24. The van der Waals surface area contributed by atoms with E-state index in [0.717, 1.165) is 13.1 Å². The molecule has 1 unspecified atom stereocenters. The molecule has 0 amide bonds. The molecule has 0 aliphatic carbocycles. The quantitative estimate of drug-likeness (QED) is 0.597. The van der Waals surface area contributed by atoms with Gasteiger partial charge in [-0.3, -0.25) is 0 Å². The number of aryl methyl sites for hydroxylation is 2. The highest BCUT2D eigenvalue weighted by Crippen LogP contribution is 2.27. The molecule has 0 aromatic heterocycles. The standard InChI is InChI=1S/C14H23NS/c1-5-8-15-10-13(4)16-14-9-11(2)6-7-12(14)3/h6-7,9,13,15H,5,8,10H2,1-4H3. The van der Waals surface area contributed by atoms with Crippen molar-refractivity contribution in [2.24, 2.45) is 0 Å². The van der Waals surface area contributed by atoms with Gasteiger partial charge in [0.2, 0.25) is 0 Å². The van der Waals surface area contributed by atoms with Crippen LogP contribution in [0.2, 0.25) is 0 Å². The molecule has 1 rings (SSSR count). The lowest BCUT2D eigenvalue weighted by atomic mass is 10.2. The number of thioether (sulfide) groups is 1. The lowest BCUT2D eigenvalue weighted by Gasteiger charge is -2.14. The molecule has 0 saturated heterocycles. The van der Waals surface area contributed by atoms with Crippen molar-refractivity contribution < 1.29 is 0 Å². The topological polar surface area (TPSA) is 12.0 Å². The molecule has 90 valence electrons. The van der Waals surface area contributed by atoms with E-state index < -0.39 is 0 Å². The minimum Gasteiger partial charge on any atom is -0.316 e. The van der Waals surface area contributed by atoms with E-state index in [1.807, 2.05) is 11.8 Å². The van der Waals surface area contributed by atoms with Crippen molar-refractivity contribution in [3.8, 4) is 0 Å². The highest BCUT2D eigenvalue weighted by Gasteiger charge is 2.06. The second-order valence-corrected chi connectivity index (χ2v) is 5.88. The minimum absolute atomic E-state index is 0.632. The Balaban J connectivity index is 2.48. The molecule has 0 radical (unpaired) electrons. The van der Waals surface area contributed by atoms with E-state index in [4.69, 9.17) is 0 Å². The zero-order chi connectivity index (χ0) is 12.0. The van der Waals surface area contributed by atoms with Crippen molar-refractivity contribution in [3.63, 3.8) is 0 Å². The zero-order valence-electron chi connectivity index (χ0n) is 10.8. The lowest BCUT2D eigenvalue weighted by Crippen LogP contribution is -2.23. The van der Waals surface area contributed by atoms with E-state index in [1.54, 1.807) is 0 Å². The number of rotatable bonds is 6. The van der Waals surface area contributed by atoms with Crippen molar-refractivity contribution in [2.75, 3.05) is 13.1 Å². The molecule has 0 heterocycles. The predicted octanol–water partition coefficient (Wildman–Crippen LogP) is 3.78. The number of nitrogens with one attached hydrogen (secondary N) is 1. The maximum Gasteiger partial charge on any atom is 0.0191 e. The van der Waals surface area contributed by atoms with Gasteiger partial charge in [-0.2, -0.15) is 0 Å². The van der Waals surface area contributed by atoms with E-state index in [-0.39, 0.29) is 0 Å². The van der Waals surface area contributed by atoms with Crippen LogP contribution in [-0.2, 0) is 0 Å². The second kappa shape index (κ2) is 6.97. The van der Waals surface area contributed by atoms with Gasteiger partial charge in [-0.05, 0) is 38.4 Å². The maximum absolute atomic E-state index is 3.47. The third-order valence-corrected chi connectivity index (χ3v) is 3.79. The fourth-order valence-electron chi connectivity index (χ4n) is 1.57. The van der Waals surface area contributed by atoms with E-state index in [9.17, 15) is 0 Å². The predicted molar refractivity (Wildman–Crippen MR) is 74.4 cm³/mol. The Morgan fingerprint density at radius 2 is 2.06 bits per heavy atom. The van der Waals surface area contributed by atoms with Gasteiger partial charge in [0.1, 0.15) is 0 Å². The second-order valence-electron chi connectivity index (χ2n) is 4.40. The molecule has 0 spiro atoms. The van der Waals surface area contributed by atoms with Crippen molar-refractivity contribution in [2.45, 2.75) is 44.3 Å². The van der Waals surface area contributed by atoms with Crippen LogP contribution in [0.4, 0.5) is 0 Å². The fraction of sp³-hybridized carbons (Fsp3) is 0.571. The minimum atomic E-state index is 0.632. The van der Waals surface area contributed by atoms with Crippen LogP contribution in [0.1, 0.15) is 31.4 Å². The molecule has 1 aromatic rings. The Bertz CT molecular complexity index is 323. The summed E-state index contributed by atoms with van der Waals surface area (Å²) in [6.45, 7) is 11.0. The average molecular weight is 237 g/mol. The van der Waals surface area contributed by atoms with E-state index in [0.29, 0.717) is 5.25 Å². The van der Waals surface area contributed by atoms with Gasteiger partial charge >= 0.3 is 0 Å². The zero-order valence-corrected chi connectivity index (χ0v) is 11.7. The van der Waals surface area contributed by atoms with E-state index in [2.05, 4.69) is 51.2 Å². The van der Waals surface area contributed by atoms with Crippen LogP contribution in [0.3, 0.4) is 0 Å². The molecular formula is C14H23NS. The highest BCUT2D eigenvalue weighted by molar-refractivity contribution is 8.00. The summed E-state index contributed by atoms with van der Waals surface area (Å²) in [5.41, 5.74) is 2.74. The normalized spacial score (nSPS) is 12.8. The summed E-state index contributed by atoms with van der Waals surface area (Å²) in [6, 6.07) is 6.68. The molecule has 2 heteroatoms. The molecule has 0 fully saturated rings. The molecule has 0 bridgehead atoms. The molecule has 1 nitrogen and oxygen atoms in total. The maximum atomic E-state index is 3.47. The summed E-state index contributed by atoms with van der Waals surface area (Å²) < 4.78 is 0. The first-order valence-corrected chi connectivity index (χ1v) is 6.96. The van der Waals surface area contributed by atoms with Crippen LogP contribution in [0.5, 0.6) is 0 Å². The SMILES string of the molecule is CCCNCC(C)Sc1cc(C)ccc1C. The van der Waals surface area contributed by atoms with E-state index in [1.165, 1.54) is 22.4 Å². The van der Waals surface area contributed by atoms with Crippen molar-refractivity contribution in [3.05, 3.63) is 29.3 Å². The van der Waals surface area contributed by atoms with Gasteiger partial charge in [0.25, 0.3) is 0 Å². The first-order valence-electron chi connectivity index (χ1n) is 6.08. The van der Waals surface area contributed by atoms with Crippen molar-refractivity contribution in [1.29, 1.82) is 0 Å². The fourth-order valence-corrected chi connectivity index (χ4v) is 2.72. The molecule has 1 atom stereocenters. The molecule has 0 saturated carbocycles. The van der Waals surface area contributed by atoms with Crippen molar-refractivity contribution >= 4 is 11.8 Å². The highest BCUT2D eigenvalue weighted by atomic mass is 32.2. The number of hydrogen-bond acceptors (Lipinski definition) is 2. The number of hydrogen-bond donors (Lipinski definition) is 1. The van der Waals surface area contributed by atoms with Gasteiger partial charge in [0.15, 0.2) is 0 Å². The monoisotopic (exact) mass is 237 g/mol. The summed E-state index contributed by atoms with van der Waals surface area (Å²) >= 11 is 1.97. The van der Waals surface area contributed by atoms with Crippen LogP contribution in [0.15, 0.2) is 23.1 Å². The smallest absolute Gasteiger partial charge is 0.0191 e. The Kier molecular flexibility index (Phi) is 5.93. The summed E-state index contributed by atoms with van der Waals surface area (Å²) in [4.78, 5) is 1.42. The van der Waals surface area contributed by atoms with Gasteiger partial charge in [-0.1, -0.05) is 31.5 Å². The largest absolute Gasteiger partial charge is 0.316 e. The molecule has 0 aliphatic rings. The third-order valence-electron chi connectivity index (χ3n) is 2.53. The summed E-state index contributed by atoms with van der Waals surface area (Å²) in [5.74, 6) is 0. The molecule has 16 heavy (non-hydrogen) atoms. The first-order chi connectivity index (χ1) is 7.63. The Labute approximate surface area is 104 Å². The Morgan fingerprint density at radius 3 is 2.75 bits per heavy atom. The summed E-state index contributed by atoms with van der Waals surface area (Å²) in [5, 5.41) is 4.10. The van der Waals surface area contributed by atoms with Crippen LogP contribution in [-0.4, -0.2) is 18.3 Å². The Morgan fingerprint density at radius 1 is 1.31 bits per heavy atom. The van der Waals surface area contributed by atoms with E-state index >= 15 is 0 Å². The third kappa shape index (κ3) is 4.58. The van der Waals surface area contributed by atoms with Crippen LogP contribution in [0, 0.1) is 13.8 Å². The van der Waals surface area contributed by atoms with Crippen molar-refractivity contribution in [1.82, 2.24) is 5.32 Å². The van der Waals surface area contributed by atoms with Gasteiger partial charge in [-0.25, -0.2) is 0 Å². The molecule has 1 N–H and O–H groups in total. The van der Waals surface area contributed by atoms with Gasteiger partial charge in [-0.15, -0.1) is 11.8 Å². The van der Waals surface area contributed by atoms with Crippen LogP contribution in [0.25, 0.3) is 0 Å². The number of benzene rings is 1. The van der Waals surface area contributed by atoms with Gasteiger partial charge in [0, 0.05) is 16.7 Å². The lowest BCUT2D eigenvalue weighted by molar-refractivity contribution is 0.669. The Hall–Kier alpha value is -0.470. The molecule has 0 aliphatic heterocycles. The van der Waals surface area contributed by atoms with Gasteiger partial charge in [0.05, 0.1) is 0 Å². The summed E-state index contributed by atoms with van der Waals surface area (Å²) in [6.07, 6.45) is 1.21. The van der Waals surface area contributed by atoms with Gasteiger partial charge < -0.3 is 5.32 Å². The molecule has 1 aromatic carbocycles. The summed E-state index contributed by atoms with van der Waals surface area (Å²) in [7, 11) is 0. The van der Waals surface area contributed by atoms with Crippen LogP contribution < -0.4 is 5.32 Å². The van der Waals surface area contributed by atoms with Crippen LogP contribution >= 0.6 is 11.8 Å². The molecular weight excluding hydrogens is 214 g/mol. The first kappa shape index (κ1) is 13.6.